The van der Waals surface area contributed by atoms with Crippen molar-refractivity contribution >= 4 is 5.82 Å². The van der Waals surface area contributed by atoms with Crippen LogP contribution in [0.1, 0.15) is 12.8 Å². The van der Waals surface area contributed by atoms with E-state index < -0.39 is 0 Å². The Morgan fingerprint density at radius 3 is 2.47 bits per heavy atom. The van der Waals surface area contributed by atoms with Gasteiger partial charge in [-0.15, -0.1) is 0 Å². The fraction of sp³-hybridized carbons (Fsp3) is 0.333. The van der Waals surface area contributed by atoms with E-state index >= 15 is 0 Å². The third-order valence-corrected chi connectivity index (χ3v) is 3.47. The molecule has 1 aliphatic rings. The summed E-state index contributed by atoms with van der Waals surface area (Å²) in [5.41, 5.74) is 2.04. The zero-order valence-electron chi connectivity index (χ0n) is 11.0. The van der Waals surface area contributed by atoms with Gasteiger partial charge in [0.1, 0.15) is 17.9 Å². The topological polar surface area (TPSA) is 38.2 Å². The van der Waals surface area contributed by atoms with Crippen molar-refractivity contribution < 1.29 is 4.74 Å². The molecule has 98 valence electrons. The van der Waals surface area contributed by atoms with Gasteiger partial charge in [-0.05, 0) is 37.1 Å². The molecule has 4 nitrogen and oxygen atoms in total. The Balaban J connectivity index is 1.89. The number of ether oxygens (including phenoxy) is 1. The number of hydrogen-bond acceptors (Lipinski definition) is 4. The predicted octanol–water partition coefficient (Wildman–Crippen LogP) is 2.75. The summed E-state index contributed by atoms with van der Waals surface area (Å²) in [7, 11) is 1.67. The van der Waals surface area contributed by atoms with Gasteiger partial charge in [0.05, 0.1) is 12.8 Å². The molecule has 4 heteroatoms. The minimum atomic E-state index is 0.859. The van der Waals surface area contributed by atoms with Gasteiger partial charge in [-0.2, -0.15) is 0 Å². The molecule has 0 radical (unpaired) electrons. The Morgan fingerprint density at radius 1 is 1.05 bits per heavy atom. The van der Waals surface area contributed by atoms with Crippen LogP contribution in [0.25, 0.3) is 11.3 Å². The first-order chi connectivity index (χ1) is 9.36. The molecule has 0 unspecified atom stereocenters. The van der Waals surface area contributed by atoms with E-state index in [0.717, 1.165) is 35.9 Å². The van der Waals surface area contributed by atoms with Crippen LogP contribution in [0.3, 0.4) is 0 Å². The van der Waals surface area contributed by atoms with Crippen LogP contribution in [0, 0.1) is 0 Å². The Kier molecular flexibility index (Phi) is 3.31. The largest absolute Gasteiger partial charge is 0.497 e. The molecule has 0 saturated carbocycles. The van der Waals surface area contributed by atoms with Crippen LogP contribution in [0.5, 0.6) is 5.75 Å². The van der Waals surface area contributed by atoms with Crippen molar-refractivity contribution in [2.45, 2.75) is 12.8 Å². The maximum atomic E-state index is 5.17. The zero-order chi connectivity index (χ0) is 13.1. The smallest absolute Gasteiger partial charge is 0.132 e. The molecule has 0 aliphatic carbocycles. The lowest BCUT2D eigenvalue weighted by atomic mass is 10.1. The lowest BCUT2D eigenvalue weighted by Crippen LogP contribution is -2.18. The van der Waals surface area contributed by atoms with Crippen molar-refractivity contribution in [1.82, 2.24) is 9.97 Å². The average Bonchev–Trinajstić information content (AvgIpc) is 3.02. The third-order valence-electron chi connectivity index (χ3n) is 3.47. The fourth-order valence-corrected chi connectivity index (χ4v) is 2.39. The number of methoxy groups -OCH3 is 1. The summed E-state index contributed by atoms with van der Waals surface area (Å²) in [5, 5.41) is 0. The summed E-state index contributed by atoms with van der Waals surface area (Å²) in [6, 6.07) is 10.0. The van der Waals surface area contributed by atoms with E-state index in [9.17, 15) is 0 Å². The van der Waals surface area contributed by atoms with Crippen LogP contribution in [-0.4, -0.2) is 30.2 Å². The number of anilines is 1. The summed E-state index contributed by atoms with van der Waals surface area (Å²) in [5.74, 6) is 1.89. The summed E-state index contributed by atoms with van der Waals surface area (Å²) >= 11 is 0. The molecule has 0 atom stereocenters. The SMILES string of the molecule is COc1ccc(-c2cc(N3CCCC3)ncn2)cc1. The molecular weight excluding hydrogens is 238 g/mol. The molecule has 19 heavy (non-hydrogen) atoms. The van der Waals surface area contributed by atoms with Crippen molar-refractivity contribution in [3.63, 3.8) is 0 Å². The monoisotopic (exact) mass is 255 g/mol. The molecule has 0 spiro atoms. The fourth-order valence-electron chi connectivity index (χ4n) is 2.39. The number of benzene rings is 1. The number of rotatable bonds is 3. The van der Waals surface area contributed by atoms with Gasteiger partial charge in [0, 0.05) is 24.7 Å². The second kappa shape index (κ2) is 5.26. The Bertz CT molecular complexity index is 548. The molecule has 2 heterocycles. The van der Waals surface area contributed by atoms with Gasteiger partial charge in [-0.1, -0.05) is 0 Å². The highest BCUT2D eigenvalue weighted by Gasteiger charge is 2.14. The lowest BCUT2D eigenvalue weighted by Gasteiger charge is -2.16. The molecule has 0 amide bonds. The van der Waals surface area contributed by atoms with Gasteiger partial charge in [0.2, 0.25) is 0 Å². The van der Waals surface area contributed by atoms with Crippen molar-refractivity contribution in [3.05, 3.63) is 36.7 Å². The molecule has 1 aromatic heterocycles. The molecular formula is C15H17N3O. The van der Waals surface area contributed by atoms with Gasteiger partial charge in [-0.3, -0.25) is 0 Å². The first-order valence-corrected chi connectivity index (χ1v) is 6.58. The van der Waals surface area contributed by atoms with Gasteiger partial charge >= 0.3 is 0 Å². The molecule has 0 bridgehead atoms. The number of nitrogens with zero attached hydrogens (tertiary/aromatic N) is 3. The van der Waals surface area contributed by atoms with E-state index in [4.69, 9.17) is 4.74 Å². The van der Waals surface area contributed by atoms with Gasteiger partial charge in [0.25, 0.3) is 0 Å². The minimum absolute atomic E-state index is 0.859. The maximum Gasteiger partial charge on any atom is 0.132 e. The second-order valence-corrected chi connectivity index (χ2v) is 4.68. The van der Waals surface area contributed by atoms with Crippen LogP contribution in [0.15, 0.2) is 36.7 Å². The molecule has 1 aliphatic heterocycles. The van der Waals surface area contributed by atoms with Crippen LogP contribution < -0.4 is 9.64 Å². The average molecular weight is 255 g/mol. The van der Waals surface area contributed by atoms with Crippen LogP contribution in [0.4, 0.5) is 5.82 Å². The van der Waals surface area contributed by atoms with Gasteiger partial charge in [-0.25, -0.2) is 9.97 Å². The highest BCUT2D eigenvalue weighted by atomic mass is 16.5. The first-order valence-electron chi connectivity index (χ1n) is 6.58. The minimum Gasteiger partial charge on any atom is -0.497 e. The summed E-state index contributed by atoms with van der Waals surface area (Å²) in [4.78, 5) is 11.0. The Hall–Kier alpha value is -2.10. The van der Waals surface area contributed by atoms with E-state index in [-0.39, 0.29) is 0 Å². The molecule has 2 aromatic rings. The van der Waals surface area contributed by atoms with E-state index in [0.29, 0.717) is 0 Å². The Morgan fingerprint density at radius 2 is 1.79 bits per heavy atom. The molecule has 3 rings (SSSR count). The second-order valence-electron chi connectivity index (χ2n) is 4.68. The van der Waals surface area contributed by atoms with Crippen LogP contribution in [0.2, 0.25) is 0 Å². The van der Waals surface area contributed by atoms with Crippen molar-refractivity contribution in [1.29, 1.82) is 0 Å². The summed E-state index contributed by atoms with van der Waals surface area (Å²) in [6.45, 7) is 2.19. The molecule has 1 saturated heterocycles. The van der Waals surface area contributed by atoms with Crippen LogP contribution >= 0.6 is 0 Å². The van der Waals surface area contributed by atoms with E-state index in [1.807, 2.05) is 24.3 Å². The normalized spacial score (nSPS) is 14.7. The van der Waals surface area contributed by atoms with Crippen molar-refractivity contribution in [2.24, 2.45) is 0 Å². The molecule has 1 fully saturated rings. The standard InChI is InChI=1S/C15H17N3O/c1-19-13-6-4-12(5-7-13)14-10-15(17-11-16-14)18-8-2-3-9-18/h4-7,10-11H,2-3,8-9H2,1H3. The third kappa shape index (κ3) is 2.52. The van der Waals surface area contributed by atoms with E-state index in [1.54, 1.807) is 13.4 Å². The summed E-state index contributed by atoms with van der Waals surface area (Å²) < 4.78 is 5.17. The van der Waals surface area contributed by atoms with Crippen molar-refractivity contribution in [2.75, 3.05) is 25.1 Å². The number of hydrogen-bond donors (Lipinski definition) is 0. The van der Waals surface area contributed by atoms with E-state index in [1.165, 1.54) is 12.8 Å². The lowest BCUT2D eigenvalue weighted by molar-refractivity contribution is 0.415. The Labute approximate surface area is 113 Å². The maximum absolute atomic E-state index is 5.17. The zero-order valence-corrected chi connectivity index (χ0v) is 11.0. The predicted molar refractivity (Wildman–Crippen MR) is 75.5 cm³/mol. The molecule has 1 aromatic carbocycles. The summed E-state index contributed by atoms with van der Waals surface area (Å²) in [6.07, 6.45) is 4.15. The van der Waals surface area contributed by atoms with E-state index in [2.05, 4.69) is 20.9 Å². The van der Waals surface area contributed by atoms with Gasteiger partial charge < -0.3 is 9.64 Å². The van der Waals surface area contributed by atoms with Crippen LogP contribution in [-0.2, 0) is 0 Å². The van der Waals surface area contributed by atoms with Crippen molar-refractivity contribution in [3.8, 4) is 17.0 Å². The molecule has 0 N–H and O–H groups in total. The highest BCUT2D eigenvalue weighted by Crippen LogP contribution is 2.24. The highest BCUT2D eigenvalue weighted by molar-refractivity contribution is 5.63. The van der Waals surface area contributed by atoms with Gasteiger partial charge in [0.15, 0.2) is 0 Å². The first kappa shape index (κ1) is 12.0. The number of aromatic nitrogens is 2. The quantitative estimate of drug-likeness (QED) is 0.845.